The summed E-state index contributed by atoms with van der Waals surface area (Å²) in [5.74, 6) is -0.907. The van der Waals surface area contributed by atoms with Gasteiger partial charge in [-0.05, 0) is 24.3 Å². The molecule has 0 bridgehead atoms. The SMILES string of the molecule is O=C(N/N=C\C=N\NC(=O)c1ccccc1Cl)c1ccccc1Cl. The molecule has 8 heteroatoms. The highest BCUT2D eigenvalue weighted by molar-refractivity contribution is 6.34. The van der Waals surface area contributed by atoms with Crippen molar-refractivity contribution < 1.29 is 9.59 Å². The second-order valence-corrected chi connectivity index (χ2v) is 5.21. The molecule has 24 heavy (non-hydrogen) atoms. The Balaban J connectivity index is 1.83. The molecule has 0 unspecified atom stereocenters. The second-order valence-electron chi connectivity index (χ2n) is 4.40. The van der Waals surface area contributed by atoms with Gasteiger partial charge in [-0.1, -0.05) is 47.5 Å². The van der Waals surface area contributed by atoms with Crippen molar-refractivity contribution in [3.8, 4) is 0 Å². The molecule has 0 atom stereocenters. The number of nitrogens with zero attached hydrogens (tertiary/aromatic N) is 2. The van der Waals surface area contributed by atoms with Gasteiger partial charge in [-0.15, -0.1) is 0 Å². The van der Waals surface area contributed by atoms with E-state index in [1.165, 1.54) is 12.4 Å². The third kappa shape index (κ3) is 4.91. The normalized spacial score (nSPS) is 10.9. The highest BCUT2D eigenvalue weighted by Gasteiger charge is 2.08. The minimum Gasteiger partial charge on any atom is -0.267 e. The van der Waals surface area contributed by atoms with Crippen molar-refractivity contribution in [2.24, 2.45) is 10.2 Å². The molecule has 0 aliphatic carbocycles. The molecule has 6 nitrogen and oxygen atoms in total. The van der Waals surface area contributed by atoms with Gasteiger partial charge < -0.3 is 0 Å². The molecule has 2 aromatic carbocycles. The smallest absolute Gasteiger partial charge is 0.267 e. The van der Waals surface area contributed by atoms with Crippen LogP contribution >= 0.6 is 23.2 Å². The molecule has 0 fully saturated rings. The molecule has 0 aromatic heterocycles. The van der Waals surface area contributed by atoms with E-state index < -0.39 is 11.8 Å². The molecule has 0 heterocycles. The van der Waals surface area contributed by atoms with Crippen LogP contribution in [0.4, 0.5) is 0 Å². The van der Waals surface area contributed by atoms with Crippen LogP contribution in [0.25, 0.3) is 0 Å². The zero-order valence-corrected chi connectivity index (χ0v) is 13.8. The molecule has 0 aliphatic rings. The van der Waals surface area contributed by atoms with Crippen LogP contribution in [0, 0.1) is 0 Å². The fraction of sp³-hybridized carbons (Fsp3) is 0. The van der Waals surface area contributed by atoms with Crippen molar-refractivity contribution in [1.29, 1.82) is 0 Å². The van der Waals surface area contributed by atoms with E-state index in [2.05, 4.69) is 21.1 Å². The molecule has 0 spiro atoms. The maximum absolute atomic E-state index is 11.8. The van der Waals surface area contributed by atoms with Crippen LogP contribution in [-0.2, 0) is 0 Å². The predicted molar refractivity (Wildman–Crippen MR) is 94.8 cm³/mol. The number of benzene rings is 2. The monoisotopic (exact) mass is 362 g/mol. The van der Waals surface area contributed by atoms with Crippen LogP contribution in [0.15, 0.2) is 58.7 Å². The van der Waals surface area contributed by atoms with Gasteiger partial charge in [0, 0.05) is 0 Å². The van der Waals surface area contributed by atoms with Crippen LogP contribution in [-0.4, -0.2) is 24.2 Å². The average Bonchev–Trinajstić information content (AvgIpc) is 2.58. The average molecular weight is 363 g/mol. The van der Waals surface area contributed by atoms with E-state index in [-0.39, 0.29) is 0 Å². The number of amides is 2. The number of hydrogen-bond donors (Lipinski definition) is 2. The molecule has 2 rings (SSSR count). The van der Waals surface area contributed by atoms with Gasteiger partial charge in [0.25, 0.3) is 11.8 Å². The van der Waals surface area contributed by atoms with E-state index in [0.717, 1.165) is 0 Å². The summed E-state index contributed by atoms with van der Waals surface area (Å²) in [6.07, 6.45) is 2.42. The van der Waals surface area contributed by atoms with Gasteiger partial charge in [0.05, 0.1) is 33.6 Å². The van der Waals surface area contributed by atoms with Crippen molar-refractivity contribution in [3.05, 3.63) is 69.7 Å². The van der Waals surface area contributed by atoms with Crippen LogP contribution in [0.3, 0.4) is 0 Å². The second kappa shape index (κ2) is 8.81. The quantitative estimate of drug-likeness (QED) is 0.632. The molecule has 0 aliphatic heterocycles. The number of carbonyl (C=O) groups is 2. The Hall–Kier alpha value is -2.70. The van der Waals surface area contributed by atoms with Crippen LogP contribution in [0.2, 0.25) is 10.0 Å². The fourth-order valence-corrected chi connectivity index (χ4v) is 2.11. The third-order valence-corrected chi connectivity index (χ3v) is 3.44. The molecule has 0 saturated carbocycles. The Morgan fingerprint density at radius 3 is 1.50 bits per heavy atom. The first-order valence-corrected chi connectivity index (χ1v) is 7.49. The summed E-state index contributed by atoms with van der Waals surface area (Å²) in [5.41, 5.74) is 5.19. The summed E-state index contributed by atoms with van der Waals surface area (Å²) >= 11 is 11.8. The molecule has 122 valence electrons. The standard InChI is InChI=1S/C16H12Cl2N4O2/c17-13-7-3-1-5-11(13)15(23)21-19-9-10-20-22-16(24)12-6-2-4-8-14(12)18/h1-10H,(H,21,23)(H,22,24)/b19-9-,20-10+. The maximum Gasteiger partial charge on any atom is 0.272 e. The maximum atomic E-state index is 11.8. The van der Waals surface area contributed by atoms with Crippen LogP contribution < -0.4 is 10.9 Å². The lowest BCUT2D eigenvalue weighted by Gasteiger charge is -2.01. The van der Waals surface area contributed by atoms with Gasteiger partial charge >= 0.3 is 0 Å². The first-order valence-electron chi connectivity index (χ1n) is 6.74. The van der Waals surface area contributed by atoms with Crippen molar-refractivity contribution in [1.82, 2.24) is 10.9 Å². The largest absolute Gasteiger partial charge is 0.272 e. The lowest BCUT2D eigenvalue weighted by Crippen LogP contribution is -2.19. The van der Waals surface area contributed by atoms with Crippen molar-refractivity contribution >= 4 is 47.4 Å². The number of carbonyl (C=O) groups excluding carboxylic acids is 2. The Kier molecular flexibility index (Phi) is 6.48. The van der Waals surface area contributed by atoms with Crippen LogP contribution in [0.5, 0.6) is 0 Å². The zero-order chi connectivity index (χ0) is 17.4. The van der Waals surface area contributed by atoms with E-state index in [4.69, 9.17) is 23.2 Å². The summed E-state index contributed by atoms with van der Waals surface area (Å²) in [5, 5.41) is 7.98. The van der Waals surface area contributed by atoms with E-state index in [1.807, 2.05) is 0 Å². The Morgan fingerprint density at radius 1 is 0.750 bits per heavy atom. The van der Waals surface area contributed by atoms with E-state index >= 15 is 0 Å². The molecular weight excluding hydrogens is 351 g/mol. The number of rotatable bonds is 5. The Labute approximate surface area is 148 Å². The molecule has 0 radical (unpaired) electrons. The van der Waals surface area contributed by atoms with Gasteiger partial charge in [0.1, 0.15) is 0 Å². The highest BCUT2D eigenvalue weighted by Crippen LogP contribution is 2.15. The fourth-order valence-electron chi connectivity index (χ4n) is 1.67. The lowest BCUT2D eigenvalue weighted by atomic mass is 10.2. The molecule has 2 N–H and O–H groups in total. The topological polar surface area (TPSA) is 82.9 Å². The van der Waals surface area contributed by atoms with E-state index in [1.54, 1.807) is 48.5 Å². The van der Waals surface area contributed by atoms with Crippen molar-refractivity contribution in [3.63, 3.8) is 0 Å². The Bertz CT molecular complexity index is 739. The van der Waals surface area contributed by atoms with Gasteiger partial charge in [0.2, 0.25) is 0 Å². The minimum atomic E-state index is -0.453. The van der Waals surface area contributed by atoms with Gasteiger partial charge in [0.15, 0.2) is 0 Å². The summed E-state index contributed by atoms with van der Waals surface area (Å²) in [7, 11) is 0. The molecular formula is C16H12Cl2N4O2. The summed E-state index contributed by atoms with van der Waals surface area (Å²) < 4.78 is 0. The minimum absolute atomic E-state index is 0.306. The van der Waals surface area contributed by atoms with Gasteiger partial charge in [-0.25, -0.2) is 10.9 Å². The van der Waals surface area contributed by atoms with Crippen molar-refractivity contribution in [2.75, 3.05) is 0 Å². The third-order valence-electron chi connectivity index (χ3n) is 2.78. The molecule has 0 saturated heterocycles. The predicted octanol–water partition coefficient (Wildman–Crippen LogP) is 3.12. The van der Waals surface area contributed by atoms with E-state index in [0.29, 0.717) is 21.2 Å². The summed E-state index contributed by atoms with van der Waals surface area (Å²) in [4.78, 5) is 23.6. The number of hydrazone groups is 2. The first kappa shape index (κ1) is 17.7. The van der Waals surface area contributed by atoms with Gasteiger partial charge in [-0.2, -0.15) is 10.2 Å². The zero-order valence-electron chi connectivity index (χ0n) is 12.2. The number of hydrogen-bond acceptors (Lipinski definition) is 4. The highest BCUT2D eigenvalue weighted by atomic mass is 35.5. The number of halogens is 2. The number of nitrogens with one attached hydrogen (secondary N) is 2. The van der Waals surface area contributed by atoms with Crippen molar-refractivity contribution in [2.45, 2.75) is 0 Å². The lowest BCUT2D eigenvalue weighted by molar-refractivity contribution is 0.0946. The first-order chi connectivity index (χ1) is 11.6. The van der Waals surface area contributed by atoms with Gasteiger partial charge in [-0.3, -0.25) is 9.59 Å². The van der Waals surface area contributed by atoms with E-state index in [9.17, 15) is 9.59 Å². The van der Waals surface area contributed by atoms with Crippen LogP contribution in [0.1, 0.15) is 20.7 Å². The summed E-state index contributed by atoms with van der Waals surface area (Å²) in [6.45, 7) is 0. The summed E-state index contributed by atoms with van der Waals surface area (Å²) in [6, 6.07) is 13.2. The Morgan fingerprint density at radius 2 is 1.12 bits per heavy atom. The molecule has 2 amide bonds. The molecule has 2 aromatic rings.